The van der Waals surface area contributed by atoms with Crippen LogP contribution in [-0.2, 0) is 4.74 Å². The Morgan fingerprint density at radius 1 is 1.55 bits per heavy atom. The normalized spacial score (nSPS) is 14.0. The summed E-state index contributed by atoms with van der Waals surface area (Å²) in [5.41, 5.74) is 0.772. The zero-order valence-electron chi connectivity index (χ0n) is 11.6. The summed E-state index contributed by atoms with van der Waals surface area (Å²) < 4.78 is 6.58. The second-order valence-electron chi connectivity index (χ2n) is 4.41. The summed E-state index contributed by atoms with van der Waals surface area (Å²) in [6.45, 7) is 5.52. The van der Waals surface area contributed by atoms with Crippen molar-refractivity contribution in [3.05, 3.63) is 23.2 Å². The van der Waals surface area contributed by atoms with Gasteiger partial charge in [0.25, 0.3) is 0 Å². The first kappa shape index (κ1) is 14.7. The lowest BCUT2D eigenvalue weighted by Crippen LogP contribution is -2.20. The first-order chi connectivity index (χ1) is 9.56. The van der Waals surface area contributed by atoms with Crippen molar-refractivity contribution in [3.63, 3.8) is 0 Å². The monoisotopic (exact) mass is 295 g/mol. The van der Waals surface area contributed by atoms with E-state index in [2.05, 4.69) is 10.3 Å². The topological polar surface area (TPSA) is 77.2 Å². The number of hydrogen-bond donors (Lipinski definition) is 1. The predicted octanol–water partition coefficient (Wildman–Crippen LogP) is 2.13. The average molecular weight is 295 g/mol. The number of esters is 1. The van der Waals surface area contributed by atoms with Crippen molar-refractivity contribution in [2.45, 2.75) is 32.9 Å². The number of aliphatic hydroxyl groups excluding tert-OH is 1. The molecule has 2 unspecified atom stereocenters. The maximum Gasteiger partial charge on any atom is 0.361 e. The molecule has 0 saturated heterocycles. The zero-order valence-corrected chi connectivity index (χ0v) is 12.4. The van der Waals surface area contributed by atoms with Crippen LogP contribution in [-0.4, -0.2) is 38.8 Å². The van der Waals surface area contributed by atoms with Crippen LogP contribution >= 0.6 is 11.3 Å². The number of aliphatic hydroxyl groups is 1. The minimum Gasteiger partial charge on any atom is -0.461 e. The highest BCUT2D eigenvalue weighted by Crippen LogP contribution is 2.30. The van der Waals surface area contributed by atoms with E-state index in [1.807, 2.05) is 24.4 Å². The summed E-state index contributed by atoms with van der Waals surface area (Å²) in [6, 6.07) is 3.49. The Kier molecular flexibility index (Phi) is 4.51. The SMILES string of the molecule is CCOC(=O)c1nnn(C(C)C(C)O)c1-c1cccs1. The highest BCUT2D eigenvalue weighted by atomic mass is 32.1. The third kappa shape index (κ3) is 2.73. The van der Waals surface area contributed by atoms with Crippen LogP contribution in [0.15, 0.2) is 17.5 Å². The molecule has 108 valence electrons. The molecule has 0 aromatic carbocycles. The molecule has 0 saturated carbocycles. The van der Waals surface area contributed by atoms with Gasteiger partial charge in [0.2, 0.25) is 0 Å². The summed E-state index contributed by atoms with van der Waals surface area (Å²) in [5.74, 6) is -0.500. The van der Waals surface area contributed by atoms with Gasteiger partial charge in [-0.15, -0.1) is 16.4 Å². The van der Waals surface area contributed by atoms with Crippen molar-refractivity contribution in [1.29, 1.82) is 0 Å². The maximum atomic E-state index is 12.0. The van der Waals surface area contributed by atoms with Crippen molar-refractivity contribution in [2.24, 2.45) is 0 Å². The Balaban J connectivity index is 2.52. The maximum absolute atomic E-state index is 12.0. The molecule has 2 rings (SSSR count). The van der Waals surface area contributed by atoms with E-state index < -0.39 is 12.1 Å². The van der Waals surface area contributed by atoms with E-state index in [9.17, 15) is 9.90 Å². The van der Waals surface area contributed by atoms with E-state index in [4.69, 9.17) is 4.74 Å². The number of aromatic nitrogens is 3. The number of hydrogen-bond acceptors (Lipinski definition) is 6. The third-order valence-corrected chi connectivity index (χ3v) is 3.88. The second kappa shape index (κ2) is 6.15. The molecular weight excluding hydrogens is 278 g/mol. The summed E-state index contributed by atoms with van der Waals surface area (Å²) >= 11 is 1.48. The number of carbonyl (C=O) groups excluding carboxylic acids is 1. The van der Waals surface area contributed by atoms with Crippen molar-refractivity contribution < 1.29 is 14.6 Å². The van der Waals surface area contributed by atoms with Crippen LogP contribution in [0.5, 0.6) is 0 Å². The highest BCUT2D eigenvalue weighted by molar-refractivity contribution is 7.13. The van der Waals surface area contributed by atoms with Gasteiger partial charge in [0.1, 0.15) is 5.69 Å². The van der Waals surface area contributed by atoms with E-state index >= 15 is 0 Å². The second-order valence-corrected chi connectivity index (χ2v) is 5.36. The molecule has 0 fully saturated rings. The van der Waals surface area contributed by atoms with Crippen LogP contribution in [0.1, 0.15) is 37.3 Å². The van der Waals surface area contributed by atoms with Gasteiger partial charge >= 0.3 is 5.97 Å². The fourth-order valence-electron chi connectivity index (χ4n) is 1.76. The van der Waals surface area contributed by atoms with E-state index in [0.717, 1.165) is 4.88 Å². The fraction of sp³-hybridized carbons (Fsp3) is 0.462. The van der Waals surface area contributed by atoms with Crippen LogP contribution in [0.25, 0.3) is 10.6 Å². The minimum absolute atomic E-state index is 0.182. The van der Waals surface area contributed by atoms with Crippen LogP contribution in [0.3, 0.4) is 0 Å². The predicted molar refractivity (Wildman–Crippen MR) is 75.7 cm³/mol. The number of ether oxygens (including phenoxy) is 1. The zero-order chi connectivity index (χ0) is 14.7. The Morgan fingerprint density at radius 2 is 2.30 bits per heavy atom. The van der Waals surface area contributed by atoms with Gasteiger partial charge in [0.15, 0.2) is 5.69 Å². The van der Waals surface area contributed by atoms with E-state index in [1.165, 1.54) is 11.3 Å². The first-order valence-corrected chi connectivity index (χ1v) is 7.28. The fourth-order valence-corrected chi connectivity index (χ4v) is 2.53. The molecule has 0 amide bonds. The van der Waals surface area contributed by atoms with Crippen molar-refractivity contribution in [3.8, 4) is 10.6 Å². The Bertz CT molecular complexity index is 578. The van der Waals surface area contributed by atoms with Gasteiger partial charge in [-0.2, -0.15) is 0 Å². The average Bonchev–Trinajstić information content (AvgIpc) is 3.06. The van der Waals surface area contributed by atoms with Crippen molar-refractivity contribution in [2.75, 3.05) is 6.61 Å². The Hall–Kier alpha value is -1.73. The van der Waals surface area contributed by atoms with Crippen LogP contribution < -0.4 is 0 Å². The minimum atomic E-state index is -0.606. The van der Waals surface area contributed by atoms with Gasteiger partial charge in [0, 0.05) is 0 Å². The lowest BCUT2D eigenvalue weighted by molar-refractivity contribution is 0.0520. The van der Waals surface area contributed by atoms with Gasteiger partial charge in [-0.3, -0.25) is 0 Å². The summed E-state index contributed by atoms with van der Waals surface area (Å²) in [7, 11) is 0. The molecular formula is C13H17N3O3S. The quantitative estimate of drug-likeness (QED) is 0.855. The molecule has 0 bridgehead atoms. The number of thiophene rings is 1. The smallest absolute Gasteiger partial charge is 0.361 e. The molecule has 2 heterocycles. The number of carbonyl (C=O) groups is 1. The molecule has 0 aliphatic carbocycles. The molecule has 0 aliphatic rings. The highest BCUT2D eigenvalue weighted by Gasteiger charge is 2.26. The van der Waals surface area contributed by atoms with Crippen molar-refractivity contribution >= 4 is 17.3 Å². The van der Waals surface area contributed by atoms with E-state index in [1.54, 1.807) is 18.5 Å². The van der Waals surface area contributed by atoms with Gasteiger partial charge in [0.05, 0.1) is 23.6 Å². The molecule has 7 heteroatoms. The number of rotatable bonds is 5. The van der Waals surface area contributed by atoms with Crippen LogP contribution in [0.4, 0.5) is 0 Å². The lowest BCUT2D eigenvalue weighted by atomic mass is 10.2. The Morgan fingerprint density at radius 3 is 2.85 bits per heavy atom. The summed E-state index contributed by atoms with van der Waals surface area (Å²) in [4.78, 5) is 12.8. The molecule has 0 spiro atoms. The van der Waals surface area contributed by atoms with Gasteiger partial charge in [-0.1, -0.05) is 11.3 Å². The van der Waals surface area contributed by atoms with Gasteiger partial charge in [-0.05, 0) is 32.2 Å². The molecule has 2 aromatic heterocycles. The molecule has 2 aromatic rings. The largest absolute Gasteiger partial charge is 0.461 e. The van der Waals surface area contributed by atoms with E-state index in [-0.39, 0.29) is 18.3 Å². The molecule has 6 nitrogen and oxygen atoms in total. The van der Waals surface area contributed by atoms with Gasteiger partial charge < -0.3 is 9.84 Å². The lowest BCUT2D eigenvalue weighted by Gasteiger charge is -2.17. The van der Waals surface area contributed by atoms with E-state index in [0.29, 0.717) is 5.69 Å². The molecule has 0 aliphatic heterocycles. The number of nitrogens with zero attached hydrogens (tertiary/aromatic N) is 3. The standard InChI is InChI=1S/C13H17N3O3S/c1-4-19-13(18)11-12(10-6-5-7-20-10)16(15-14-11)8(2)9(3)17/h5-9,17H,4H2,1-3H3. The Labute approximate surface area is 121 Å². The first-order valence-electron chi connectivity index (χ1n) is 6.40. The van der Waals surface area contributed by atoms with Crippen molar-refractivity contribution in [1.82, 2.24) is 15.0 Å². The molecule has 0 radical (unpaired) electrons. The molecule has 1 N–H and O–H groups in total. The van der Waals surface area contributed by atoms with Crippen LogP contribution in [0.2, 0.25) is 0 Å². The van der Waals surface area contributed by atoms with Gasteiger partial charge in [-0.25, -0.2) is 9.48 Å². The summed E-state index contributed by atoms with van der Waals surface area (Å²) in [5, 5.41) is 19.6. The summed E-state index contributed by atoms with van der Waals surface area (Å²) in [6.07, 6.45) is -0.606. The van der Waals surface area contributed by atoms with Crippen LogP contribution in [0, 0.1) is 0 Å². The molecule has 2 atom stereocenters. The molecule has 20 heavy (non-hydrogen) atoms. The third-order valence-electron chi connectivity index (χ3n) is 3.00.